The van der Waals surface area contributed by atoms with Crippen molar-refractivity contribution >= 4 is 17.7 Å². The van der Waals surface area contributed by atoms with Gasteiger partial charge in [0.1, 0.15) is 6.54 Å². The Bertz CT molecular complexity index is 367. The SMILES string of the molecule is CC(Sc1ccccc1)C(=O)NCC(F)(F)F. The molecule has 0 radical (unpaired) electrons. The smallest absolute Gasteiger partial charge is 0.346 e. The van der Waals surface area contributed by atoms with Crippen molar-refractivity contribution in [3.8, 4) is 0 Å². The third kappa shape index (κ3) is 5.63. The molecule has 1 amide bonds. The highest BCUT2D eigenvalue weighted by Gasteiger charge is 2.28. The molecule has 2 nitrogen and oxygen atoms in total. The molecule has 1 atom stereocenters. The number of benzene rings is 1. The fraction of sp³-hybridized carbons (Fsp3) is 0.364. The highest BCUT2D eigenvalue weighted by molar-refractivity contribution is 8.00. The summed E-state index contributed by atoms with van der Waals surface area (Å²) in [4.78, 5) is 12.2. The average molecular weight is 263 g/mol. The first-order chi connectivity index (χ1) is 7.88. The Kier molecular flexibility index (Phi) is 4.86. The number of thioether (sulfide) groups is 1. The topological polar surface area (TPSA) is 29.1 Å². The van der Waals surface area contributed by atoms with Crippen LogP contribution < -0.4 is 5.32 Å². The molecule has 0 saturated heterocycles. The lowest BCUT2D eigenvalue weighted by atomic mass is 10.4. The molecule has 0 spiro atoms. The molecule has 17 heavy (non-hydrogen) atoms. The fourth-order valence-electron chi connectivity index (χ4n) is 1.09. The lowest BCUT2D eigenvalue weighted by Crippen LogP contribution is -2.37. The highest BCUT2D eigenvalue weighted by Crippen LogP contribution is 2.22. The predicted molar refractivity (Wildman–Crippen MR) is 60.8 cm³/mol. The van der Waals surface area contributed by atoms with Gasteiger partial charge >= 0.3 is 6.18 Å². The molecule has 0 aromatic heterocycles. The van der Waals surface area contributed by atoms with Crippen LogP contribution in [0.5, 0.6) is 0 Å². The molecule has 1 rings (SSSR count). The van der Waals surface area contributed by atoms with Gasteiger partial charge in [-0.1, -0.05) is 18.2 Å². The van der Waals surface area contributed by atoms with Crippen molar-refractivity contribution in [2.24, 2.45) is 0 Å². The largest absolute Gasteiger partial charge is 0.405 e. The van der Waals surface area contributed by atoms with Crippen LogP contribution >= 0.6 is 11.8 Å². The number of amides is 1. The maximum absolute atomic E-state index is 11.9. The van der Waals surface area contributed by atoms with E-state index in [1.807, 2.05) is 23.5 Å². The summed E-state index contributed by atoms with van der Waals surface area (Å²) in [6.07, 6.45) is -4.37. The third-order valence-corrected chi connectivity index (χ3v) is 3.00. The van der Waals surface area contributed by atoms with E-state index in [4.69, 9.17) is 0 Å². The molecule has 6 heteroatoms. The number of nitrogens with one attached hydrogen (secondary N) is 1. The molecular formula is C11H12F3NOS. The normalized spacial score (nSPS) is 13.2. The number of carbonyl (C=O) groups is 1. The van der Waals surface area contributed by atoms with Gasteiger partial charge in [-0.15, -0.1) is 11.8 Å². The first-order valence-electron chi connectivity index (χ1n) is 4.94. The van der Waals surface area contributed by atoms with Crippen molar-refractivity contribution in [2.45, 2.75) is 23.2 Å². The van der Waals surface area contributed by atoms with E-state index >= 15 is 0 Å². The van der Waals surface area contributed by atoms with E-state index in [9.17, 15) is 18.0 Å². The predicted octanol–water partition coefficient (Wildman–Crippen LogP) is 2.85. The molecule has 0 aliphatic carbocycles. The Morgan fingerprint density at radius 3 is 2.47 bits per heavy atom. The van der Waals surface area contributed by atoms with Gasteiger partial charge in [0.15, 0.2) is 0 Å². The van der Waals surface area contributed by atoms with Crippen molar-refractivity contribution in [1.82, 2.24) is 5.32 Å². The zero-order valence-electron chi connectivity index (χ0n) is 9.12. The lowest BCUT2D eigenvalue weighted by Gasteiger charge is -2.13. The van der Waals surface area contributed by atoms with Gasteiger partial charge in [0, 0.05) is 4.90 Å². The quantitative estimate of drug-likeness (QED) is 0.846. The van der Waals surface area contributed by atoms with E-state index in [2.05, 4.69) is 0 Å². The minimum Gasteiger partial charge on any atom is -0.346 e. The van der Waals surface area contributed by atoms with E-state index in [-0.39, 0.29) is 0 Å². The first-order valence-corrected chi connectivity index (χ1v) is 5.82. The van der Waals surface area contributed by atoms with Crippen molar-refractivity contribution in [3.05, 3.63) is 30.3 Å². The summed E-state index contributed by atoms with van der Waals surface area (Å²) in [5.41, 5.74) is 0. The second kappa shape index (κ2) is 5.95. The molecule has 0 aliphatic rings. The standard InChI is InChI=1S/C11H12F3NOS/c1-8(10(16)15-7-11(12,13)14)17-9-5-3-2-4-6-9/h2-6,8H,7H2,1H3,(H,15,16). The van der Waals surface area contributed by atoms with E-state index in [0.29, 0.717) is 0 Å². The van der Waals surface area contributed by atoms with Gasteiger partial charge in [0.25, 0.3) is 0 Å². The van der Waals surface area contributed by atoms with Crippen LogP contribution in [-0.4, -0.2) is 23.9 Å². The Hall–Kier alpha value is -1.17. The van der Waals surface area contributed by atoms with Crippen molar-refractivity contribution in [1.29, 1.82) is 0 Å². The van der Waals surface area contributed by atoms with Crippen LogP contribution in [0, 0.1) is 0 Å². The van der Waals surface area contributed by atoms with Crippen LogP contribution in [0.2, 0.25) is 0 Å². The van der Waals surface area contributed by atoms with E-state index < -0.39 is 23.9 Å². The van der Waals surface area contributed by atoms with Crippen LogP contribution in [0.3, 0.4) is 0 Å². The fourth-order valence-corrected chi connectivity index (χ4v) is 2.00. The number of rotatable bonds is 4. The Balaban J connectivity index is 2.43. The van der Waals surface area contributed by atoms with Gasteiger partial charge in [-0.3, -0.25) is 4.79 Å². The minimum atomic E-state index is -4.37. The van der Waals surface area contributed by atoms with Crippen LogP contribution in [0.15, 0.2) is 35.2 Å². The highest BCUT2D eigenvalue weighted by atomic mass is 32.2. The summed E-state index contributed by atoms with van der Waals surface area (Å²) in [5, 5.41) is 1.30. The third-order valence-electron chi connectivity index (χ3n) is 1.89. The molecule has 94 valence electrons. The summed E-state index contributed by atoms with van der Waals surface area (Å²) in [6.45, 7) is 0.287. The molecule has 0 fully saturated rings. The molecular weight excluding hydrogens is 251 g/mol. The van der Waals surface area contributed by atoms with Crippen LogP contribution in [0.4, 0.5) is 13.2 Å². The van der Waals surface area contributed by atoms with Gasteiger partial charge in [-0.05, 0) is 19.1 Å². The zero-order chi connectivity index (χ0) is 12.9. The summed E-state index contributed by atoms with van der Waals surface area (Å²) >= 11 is 1.22. The Morgan fingerprint density at radius 1 is 1.35 bits per heavy atom. The summed E-state index contributed by atoms with van der Waals surface area (Å²) in [5.74, 6) is -0.615. The minimum absolute atomic E-state index is 0.556. The molecule has 0 heterocycles. The molecule has 0 saturated carbocycles. The lowest BCUT2D eigenvalue weighted by molar-refractivity contribution is -0.137. The second-order valence-corrected chi connectivity index (χ2v) is 4.82. The molecule has 1 N–H and O–H groups in total. The number of hydrogen-bond donors (Lipinski definition) is 1. The first kappa shape index (κ1) is 13.9. The monoisotopic (exact) mass is 263 g/mol. The number of halogens is 3. The summed E-state index contributed by atoms with van der Waals surface area (Å²) in [6, 6.07) is 9.06. The molecule has 0 aliphatic heterocycles. The number of carbonyl (C=O) groups excluding carboxylic acids is 1. The molecule has 1 aromatic rings. The van der Waals surface area contributed by atoms with Crippen molar-refractivity contribution in [3.63, 3.8) is 0 Å². The van der Waals surface area contributed by atoms with Gasteiger partial charge < -0.3 is 5.32 Å². The Labute approximate surface area is 102 Å². The maximum Gasteiger partial charge on any atom is 0.405 e. The van der Waals surface area contributed by atoms with Crippen LogP contribution in [-0.2, 0) is 4.79 Å². The maximum atomic E-state index is 11.9. The van der Waals surface area contributed by atoms with E-state index in [0.717, 1.165) is 4.90 Å². The van der Waals surface area contributed by atoms with Crippen LogP contribution in [0.25, 0.3) is 0 Å². The molecule has 1 unspecified atom stereocenters. The second-order valence-electron chi connectivity index (χ2n) is 3.41. The molecule has 1 aromatic carbocycles. The van der Waals surface area contributed by atoms with E-state index in [1.165, 1.54) is 11.8 Å². The summed E-state index contributed by atoms with van der Waals surface area (Å²) < 4.78 is 35.7. The van der Waals surface area contributed by atoms with Gasteiger partial charge in [0.2, 0.25) is 5.91 Å². The van der Waals surface area contributed by atoms with E-state index in [1.54, 1.807) is 19.1 Å². The van der Waals surface area contributed by atoms with Gasteiger partial charge in [-0.25, -0.2) is 0 Å². The van der Waals surface area contributed by atoms with Crippen molar-refractivity contribution in [2.75, 3.05) is 6.54 Å². The number of hydrogen-bond acceptors (Lipinski definition) is 2. The van der Waals surface area contributed by atoms with Crippen LogP contribution in [0.1, 0.15) is 6.92 Å². The zero-order valence-corrected chi connectivity index (χ0v) is 9.94. The number of alkyl halides is 3. The average Bonchev–Trinajstić information content (AvgIpc) is 2.26. The van der Waals surface area contributed by atoms with Gasteiger partial charge in [0.05, 0.1) is 5.25 Å². The van der Waals surface area contributed by atoms with Crippen molar-refractivity contribution < 1.29 is 18.0 Å². The van der Waals surface area contributed by atoms with Gasteiger partial charge in [-0.2, -0.15) is 13.2 Å². The Morgan fingerprint density at radius 2 is 1.94 bits per heavy atom. The molecule has 0 bridgehead atoms. The summed E-state index contributed by atoms with van der Waals surface area (Å²) in [7, 11) is 0.